The van der Waals surface area contributed by atoms with Crippen molar-refractivity contribution in [2.75, 3.05) is 20.2 Å². The fourth-order valence-electron chi connectivity index (χ4n) is 3.12. The van der Waals surface area contributed by atoms with E-state index in [4.69, 9.17) is 4.74 Å². The van der Waals surface area contributed by atoms with Gasteiger partial charge >= 0.3 is 0 Å². The third-order valence-corrected chi connectivity index (χ3v) is 4.65. The van der Waals surface area contributed by atoms with Crippen LogP contribution in [0.25, 0.3) is 0 Å². The summed E-state index contributed by atoms with van der Waals surface area (Å²) in [7, 11) is 1.42. The van der Waals surface area contributed by atoms with E-state index in [-0.39, 0.29) is 29.0 Å². The third-order valence-electron chi connectivity index (χ3n) is 4.65. The van der Waals surface area contributed by atoms with Crippen molar-refractivity contribution in [3.63, 3.8) is 0 Å². The maximum atomic E-state index is 13.7. The number of likely N-dealkylation sites (tertiary alicyclic amines) is 1. The lowest BCUT2D eigenvalue weighted by molar-refractivity contribution is -0.140. The van der Waals surface area contributed by atoms with Gasteiger partial charge in [0.2, 0.25) is 11.8 Å². The first-order valence-electron chi connectivity index (χ1n) is 9.12. The molecule has 0 aromatic heterocycles. The lowest BCUT2D eigenvalue weighted by atomic mass is 9.93. The molecular formula is C20H29FN2O3. The average molecular weight is 364 g/mol. The molecule has 1 heterocycles. The van der Waals surface area contributed by atoms with Crippen molar-refractivity contribution in [1.29, 1.82) is 0 Å². The van der Waals surface area contributed by atoms with Crippen LogP contribution in [0.4, 0.5) is 4.39 Å². The van der Waals surface area contributed by atoms with Gasteiger partial charge in [-0.1, -0.05) is 26.8 Å². The molecule has 26 heavy (non-hydrogen) atoms. The number of nitrogens with one attached hydrogen (secondary N) is 1. The van der Waals surface area contributed by atoms with Gasteiger partial charge < -0.3 is 15.0 Å². The molecule has 1 aliphatic rings. The normalized spacial score (nSPS) is 15.7. The van der Waals surface area contributed by atoms with Crippen LogP contribution in [0.2, 0.25) is 0 Å². The van der Waals surface area contributed by atoms with E-state index in [0.29, 0.717) is 25.9 Å². The minimum Gasteiger partial charge on any atom is -0.494 e. The Morgan fingerprint density at radius 3 is 2.46 bits per heavy atom. The van der Waals surface area contributed by atoms with Crippen LogP contribution in [0.1, 0.15) is 45.6 Å². The number of methoxy groups -OCH3 is 1. The zero-order valence-corrected chi connectivity index (χ0v) is 16.1. The number of rotatable bonds is 5. The van der Waals surface area contributed by atoms with E-state index in [9.17, 15) is 14.0 Å². The Morgan fingerprint density at radius 1 is 1.27 bits per heavy atom. The summed E-state index contributed by atoms with van der Waals surface area (Å²) in [6.07, 6.45) is 2.33. The maximum absolute atomic E-state index is 13.7. The van der Waals surface area contributed by atoms with Crippen molar-refractivity contribution in [1.82, 2.24) is 10.2 Å². The number of benzene rings is 1. The van der Waals surface area contributed by atoms with Gasteiger partial charge in [0, 0.05) is 31.0 Å². The SMILES string of the molecule is COc1ccc(CCC(=O)NC2CCN(C(=O)C(C)(C)C)CC2)cc1F. The summed E-state index contributed by atoms with van der Waals surface area (Å²) in [4.78, 5) is 26.3. The number of halogens is 1. The predicted molar refractivity (Wildman–Crippen MR) is 98.5 cm³/mol. The van der Waals surface area contributed by atoms with E-state index in [1.807, 2.05) is 25.7 Å². The quantitative estimate of drug-likeness (QED) is 0.874. The molecule has 2 rings (SSSR count). The summed E-state index contributed by atoms with van der Waals surface area (Å²) >= 11 is 0. The zero-order chi connectivity index (χ0) is 19.3. The second-order valence-corrected chi connectivity index (χ2v) is 7.85. The van der Waals surface area contributed by atoms with Gasteiger partial charge in [-0.3, -0.25) is 9.59 Å². The Bertz CT molecular complexity index is 647. The second-order valence-electron chi connectivity index (χ2n) is 7.85. The van der Waals surface area contributed by atoms with Gasteiger partial charge in [-0.2, -0.15) is 0 Å². The van der Waals surface area contributed by atoms with Crippen molar-refractivity contribution in [2.45, 2.75) is 52.5 Å². The van der Waals surface area contributed by atoms with E-state index >= 15 is 0 Å². The molecule has 0 atom stereocenters. The molecule has 0 radical (unpaired) electrons. The number of amides is 2. The van der Waals surface area contributed by atoms with Gasteiger partial charge in [0.25, 0.3) is 0 Å². The van der Waals surface area contributed by atoms with Crippen molar-refractivity contribution in [3.05, 3.63) is 29.6 Å². The molecule has 144 valence electrons. The largest absolute Gasteiger partial charge is 0.494 e. The molecule has 1 aromatic rings. The van der Waals surface area contributed by atoms with Gasteiger partial charge in [-0.05, 0) is 37.0 Å². The van der Waals surface area contributed by atoms with Crippen LogP contribution in [0, 0.1) is 11.2 Å². The average Bonchev–Trinajstić information content (AvgIpc) is 2.59. The van der Waals surface area contributed by atoms with Crippen molar-refractivity contribution >= 4 is 11.8 Å². The number of aryl methyl sites for hydroxylation is 1. The molecule has 0 saturated carbocycles. The Morgan fingerprint density at radius 2 is 1.92 bits per heavy atom. The van der Waals surface area contributed by atoms with E-state index < -0.39 is 5.82 Å². The Hall–Kier alpha value is -2.11. The number of hydrogen-bond donors (Lipinski definition) is 1. The lowest BCUT2D eigenvalue weighted by Crippen LogP contribution is -2.49. The molecule has 6 heteroatoms. The van der Waals surface area contributed by atoms with Gasteiger partial charge in [0.15, 0.2) is 11.6 Å². The van der Waals surface area contributed by atoms with Crippen molar-refractivity contribution in [2.24, 2.45) is 5.41 Å². The Labute approximate surface area is 154 Å². The van der Waals surface area contributed by atoms with Crippen LogP contribution in [-0.4, -0.2) is 43.0 Å². The number of hydrogen-bond acceptors (Lipinski definition) is 3. The Kier molecular flexibility index (Phi) is 6.62. The third kappa shape index (κ3) is 5.44. The molecule has 2 amide bonds. The lowest BCUT2D eigenvalue weighted by Gasteiger charge is -2.36. The second kappa shape index (κ2) is 8.52. The fourth-order valence-corrected chi connectivity index (χ4v) is 3.12. The molecule has 1 aromatic carbocycles. The minimum absolute atomic E-state index is 0.0400. The van der Waals surface area contributed by atoms with Crippen LogP contribution in [0.3, 0.4) is 0 Å². The zero-order valence-electron chi connectivity index (χ0n) is 16.1. The summed E-state index contributed by atoms with van der Waals surface area (Å²) in [5, 5.41) is 3.03. The molecular weight excluding hydrogens is 335 g/mol. The van der Waals surface area contributed by atoms with Crippen molar-refractivity contribution < 1.29 is 18.7 Å². The van der Waals surface area contributed by atoms with Crippen LogP contribution >= 0.6 is 0 Å². The monoisotopic (exact) mass is 364 g/mol. The number of ether oxygens (including phenoxy) is 1. The standard InChI is InChI=1S/C20H29FN2O3/c1-20(2,3)19(25)23-11-9-15(10-12-23)22-18(24)8-6-14-5-7-17(26-4)16(21)13-14/h5,7,13,15H,6,8-12H2,1-4H3,(H,22,24). The van der Waals surface area contributed by atoms with E-state index in [1.54, 1.807) is 12.1 Å². The van der Waals surface area contributed by atoms with Crippen molar-refractivity contribution in [3.8, 4) is 5.75 Å². The fraction of sp³-hybridized carbons (Fsp3) is 0.600. The van der Waals surface area contributed by atoms with Crippen LogP contribution in [0.15, 0.2) is 18.2 Å². The topological polar surface area (TPSA) is 58.6 Å². The minimum atomic E-state index is -0.415. The first-order valence-corrected chi connectivity index (χ1v) is 9.12. The molecule has 5 nitrogen and oxygen atoms in total. The number of nitrogens with zero attached hydrogens (tertiary/aromatic N) is 1. The van der Waals surface area contributed by atoms with E-state index in [1.165, 1.54) is 13.2 Å². The smallest absolute Gasteiger partial charge is 0.227 e. The molecule has 1 fully saturated rings. The molecule has 0 bridgehead atoms. The van der Waals surface area contributed by atoms with Gasteiger partial charge in [-0.25, -0.2) is 4.39 Å². The summed E-state index contributed by atoms with van der Waals surface area (Å²) < 4.78 is 18.6. The highest BCUT2D eigenvalue weighted by molar-refractivity contribution is 5.81. The molecule has 1 aliphatic heterocycles. The summed E-state index contributed by atoms with van der Waals surface area (Å²) in [6, 6.07) is 4.85. The summed E-state index contributed by atoms with van der Waals surface area (Å²) in [6.45, 7) is 7.11. The highest BCUT2D eigenvalue weighted by Crippen LogP contribution is 2.21. The molecule has 1 N–H and O–H groups in total. The van der Waals surface area contributed by atoms with E-state index in [2.05, 4.69) is 5.32 Å². The van der Waals surface area contributed by atoms with Gasteiger partial charge in [0.05, 0.1) is 7.11 Å². The Balaban J connectivity index is 1.76. The highest BCUT2D eigenvalue weighted by Gasteiger charge is 2.30. The molecule has 0 aliphatic carbocycles. The summed E-state index contributed by atoms with van der Waals surface area (Å²) in [5.41, 5.74) is 0.396. The summed E-state index contributed by atoms with van der Waals surface area (Å²) in [5.74, 6) is -0.0957. The van der Waals surface area contributed by atoms with Crippen LogP contribution < -0.4 is 10.1 Å². The molecule has 0 unspecified atom stereocenters. The van der Waals surface area contributed by atoms with Gasteiger partial charge in [0.1, 0.15) is 0 Å². The predicted octanol–water partition coefficient (Wildman–Crippen LogP) is 2.92. The van der Waals surface area contributed by atoms with Gasteiger partial charge in [-0.15, -0.1) is 0 Å². The molecule has 0 spiro atoms. The first-order chi connectivity index (χ1) is 12.2. The number of carbonyl (C=O) groups excluding carboxylic acids is 2. The number of piperidine rings is 1. The maximum Gasteiger partial charge on any atom is 0.227 e. The molecule has 1 saturated heterocycles. The number of carbonyl (C=O) groups is 2. The first kappa shape index (κ1) is 20.2. The van der Waals surface area contributed by atoms with E-state index in [0.717, 1.165) is 18.4 Å². The van der Waals surface area contributed by atoms with Crippen LogP contribution in [-0.2, 0) is 16.0 Å². The highest BCUT2D eigenvalue weighted by atomic mass is 19.1. The van der Waals surface area contributed by atoms with Crippen LogP contribution in [0.5, 0.6) is 5.75 Å².